The normalized spacial score (nSPS) is 29.9. The molecule has 2 nitrogen and oxygen atoms in total. The van der Waals surface area contributed by atoms with Crippen LogP contribution in [0.4, 0.5) is 0 Å². The van der Waals surface area contributed by atoms with Crippen LogP contribution in [0.1, 0.15) is 71.1 Å². The van der Waals surface area contributed by atoms with Gasteiger partial charge < -0.3 is 4.74 Å². The Kier molecular flexibility index (Phi) is 6.89. The number of ketones is 1. The van der Waals surface area contributed by atoms with E-state index in [9.17, 15) is 4.79 Å². The molecule has 0 aromatic rings. The summed E-state index contributed by atoms with van der Waals surface area (Å²) in [5.41, 5.74) is 0.0599. The first-order chi connectivity index (χ1) is 9.76. The Hall–Kier alpha value is -0.0200. The fourth-order valence-corrected chi connectivity index (χ4v) is 4.83. The molecule has 0 radical (unpaired) electrons. The van der Waals surface area contributed by atoms with Gasteiger partial charge in [-0.25, -0.2) is 0 Å². The van der Waals surface area contributed by atoms with E-state index in [1.165, 1.54) is 37.9 Å². The lowest BCUT2D eigenvalue weighted by atomic mass is 9.82. The fourth-order valence-electron chi connectivity index (χ4n) is 3.45. The number of unbranched alkanes of at least 4 members (excludes halogenated alkanes) is 5. The summed E-state index contributed by atoms with van der Waals surface area (Å²) in [6.07, 6.45) is 11.5. The molecule has 0 amide bonds. The second kappa shape index (κ2) is 8.43. The summed E-state index contributed by atoms with van der Waals surface area (Å²) in [4.78, 5) is 12.4. The topological polar surface area (TPSA) is 26.3 Å². The first-order valence-corrected chi connectivity index (χ1v) is 9.66. The summed E-state index contributed by atoms with van der Waals surface area (Å²) < 4.78 is 6.00. The minimum absolute atomic E-state index is 0.0599. The number of thioether (sulfide) groups is 1. The second-order valence-corrected chi connectivity index (χ2v) is 7.61. The summed E-state index contributed by atoms with van der Waals surface area (Å²) in [5.74, 6) is 3.12. The maximum atomic E-state index is 12.4. The van der Waals surface area contributed by atoms with Crippen LogP contribution < -0.4 is 0 Å². The van der Waals surface area contributed by atoms with Crippen LogP contribution in [0.5, 0.6) is 0 Å². The fraction of sp³-hybridized carbons (Fsp3) is 0.941. The molecule has 2 aliphatic heterocycles. The van der Waals surface area contributed by atoms with Gasteiger partial charge in [-0.1, -0.05) is 39.0 Å². The molecule has 0 aromatic heterocycles. The number of carbonyl (C=O) groups excluding carboxylic acids is 1. The second-order valence-electron chi connectivity index (χ2n) is 6.51. The molecule has 2 heterocycles. The lowest BCUT2D eigenvalue weighted by Gasteiger charge is -2.37. The summed E-state index contributed by atoms with van der Waals surface area (Å²) in [7, 11) is 0. The summed E-state index contributed by atoms with van der Waals surface area (Å²) in [5, 5.41) is 0. The number of hydrogen-bond acceptors (Lipinski definition) is 3. The smallest absolute Gasteiger partial charge is 0.136 e. The van der Waals surface area contributed by atoms with Crippen molar-refractivity contribution in [3.05, 3.63) is 0 Å². The van der Waals surface area contributed by atoms with Crippen molar-refractivity contribution < 1.29 is 9.53 Å². The Labute approximate surface area is 128 Å². The highest BCUT2D eigenvalue weighted by atomic mass is 32.2. The van der Waals surface area contributed by atoms with Crippen molar-refractivity contribution in [2.75, 3.05) is 18.1 Å². The first kappa shape index (κ1) is 16.4. The van der Waals surface area contributed by atoms with Crippen molar-refractivity contribution in [3.8, 4) is 0 Å². The molecule has 0 bridgehead atoms. The van der Waals surface area contributed by atoms with E-state index in [1.807, 2.05) is 11.8 Å². The number of rotatable bonds is 8. The summed E-state index contributed by atoms with van der Waals surface area (Å²) in [6.45, 7) is 3.04. The third-order valence-corrected chi connectivity index (χ3v) is 6.02. The molecule has 2 saturated heterocycles. The van der Waals surface area contributed by atoms with E-state index in [0.29, 0.717) is 5.78 Å². The molecular formula is C17H30O2S. The van der Waals surface area contributed by atoms with Crippen molar-refractivity contribution in [1.29, 1.82) is 0 Å². The average molecular weight is 298 g/mol. The monoisotopic (exact) mass is 298 g/mol. The third kappa shape index (κ3) is 4.77. The minimum Gasteiger partial charge on any atom is -0.374 e. The van der Waals surface area contributed by atoms with E-state index in [0.717, 1.165) is 44.5 Å². The van der Waals surface area contributed by atoms with Gasteiger partial charge in [0.05, 0.1) is 5.60 Å². The molecule has 2 unspecified atom stereocenters. The molecule has 0 saturated carbocycles. The highest BCUT2D eigenvalue weighted by Crippen LogP contribution is 2.40. The highest BCUT2D eigenvalue weighted by molar-refractivity contribution is 7.99. The van der Waals surface area contributed by atoms with Gasteiger partial charge in [0.2, 0.25) is 0 Å². The molecule has 0 aromatic carbocycles. The van der Waals surface area contributed by atoms with Crippen LogP contribution in [0.25, 0.3) is 0 Å². The molecule has 20 heavy (non-hydrogen) atoms. The third-order valence-electron chi connectivity index (χ3n) is 4.79. The Bertz CT molecular complexity index is 297. The number of Topliss-reactive ketones (excluding diaryl/α,β-unsaturated/α-hetero) is 1. The predicted molar refractivity (Wildman–Crippen MR) is 86.3 cm³/mol. The Morgan fingerprint density at radius 1 is 1.25 bits per heavy atom. The van der Waals surface area contributed by atoms with Gasteiger partial charge in [-0.15, -0.1) is 0 Å². The molecule has 0 aliphatic carbocycles. The molecule has 2 fully saturated rings. The van der Waals surface area contributed by atoms with Crippen molar-refractivity contribution in [3.63, 3.8) is 0 Å². The van der Waals surface area contributed by atoms with Crippen LogP contribution in [-0.2, 0) is 9.53 Å². The Morgan fingerprint density at radius 3 is 2.80 bits per heavy atom. The molecule has 0 N–H and O–H groups in total. The van der Waals surface area contributed by atoms with Crippen LogP contribution in [-0.4, -0.2) is 29.5 Å². The zero-order valence-electron chi connectivity index (χ0n) is 13.0. The molecular weight excluding hydrogens is 268 g/mol. The van der Waals surface area contributed by atoms with Gasteiger partial charge in [0, 0.05) is 24.7 Å². The van der Waals surface area contributed by atoms with E-state index in [4.69, 9.17) is 4.74 Å². The molecule has 3 heteroatoms. The maximum absolute atomic E-state index is 12.4. The van der Waals surface area contributed by atoms with Gasteiger partial charge in [-0.3, -0.25) is 4.79 Å². The van der Waals surface area contributed by atoms with Gasteiger partial charge in [-0.2, -0.15) is 11.8 Å². The van der Waals surface area contributed by atoms with Gasteiger partial charge in [0.15, 0.2) is 0 Å². The van der Waals surface area contributed by atoms with Crippen LogP contribution in [0, 0.1) is 5.92 Å². The molecule has 2 rings (SSSR count). The Balaban J connectivity index is 1.64. The molecule has 1 spiro atoms. The zero-order chi connectivity index (χ0) is 14.3. The lowest BCUT2D eigenvalue weighted by Crippen LogP contribution is -2.42. The SMILES string of the molecule is CCCCCCCCC(=O)C1CCOC2(CCSC2)C1. The number of hydrogen-bond donors (Lipinski definition) is 0. The van der Waals surface area contributed by atoms with Crippen molar-refractivity contribution in [1.82, 2.24) is 0 Å². The number of carbonyl (C=O) groups is 1. The average Bonchev–Trinajstić information content (AvgIpc) is 2.90. The summed E-state index contributed by atoms with van der Waals surface area (Å²) in [6, 6.07) is 0. The van der Waals surface area contributed by atoms with E-state index in [2.05, 4.69) is 6.92 Å². The van der Waals surface area contributed by atoms with Gasteiger partial charge in [0.25, 0.3) is 0 Å². The van der Waals surface area contributed by atoms with Crippen molar-refractivity contribution in [2.45, 2.75) is 76.7 Å². The van der Waals surface area contributed by atoms with E-state index < -0.39 is 0 Å². The predicted octanol–water partition coefficient (Wildman–Crippen LogP) is 4.61. The molecule has 2 aliphatic rings. The zero-order valence-corrected chi connectivity index (χ0v) is 13.8. The van der Waals surface area contributed by atoms with E-state index >= 15 is 0 Å². The maximum Gasteiger partial charge on any atom is 0.136 e. The van der Waals surface area contributed by atoms with Crippen molar-refractivity contribution >= 4 is 17.5 Å². The van der Waals surface area contributed by atoms with Gasteiger partial charge >= 0.3 is 0 Å². The standard InChI is InChI=1S/C17H30O2S/c1-2-3-4-5-6-7-8-16(18)15-9-11-19-17(13-15)10-12-20-14-17/h15H,2-14H2,1H3. The van der Waals surface area contributed by atoms with E-state index in [1.54, 1.807) is 0 Å². The quantitative estimate of drug-likeness (QED) is 0.612. The van der Waals surface area contributed by atoms with Crippen LogP contribution >= 0.6 is 11.8 Å². The van der Waals surface area contributed by atoms with E-state index in [-0.39, 0.29) is 11.5 Å². The Morgan fingerprint density at radius 2 is 2.05 bits per heavy atom. The van der Waals surface area contributed by atoms with Crippen LogP contribution in [0.15, 0.2) is 0 Å². The lowest BCUT2D eigenvalue weighted by molar-refractivity contribution is -0.134. The van der Waals surface area contributed by atoms with Gasteiger partial charge in [-0.05, 0) is 31.4 Å². The minimum atomic E-state index is 0.0599. The first-order valence-electron chi connectivity index (χ1n) is 8.50. The largest absolute Gasteiger partial charge is 0.374 e. The molecule has 116 valence electrons. The number of ether oxygens (including phenoxy) is 1. The van der Waals surface area contributed by atoms with Crippen molar-refractivity contribution in [2.24, 2.45) is 5.92 Å². The molecule has 2 atom stereocenters. The van der Waals surface area contributed by atoms with Crippen LogP contribution in [0.2, 0.25) is 0 Å². The summed E-state index contributed by atoms with van der Waals surface area (Å²) >= 11 is 1.99. The van der Waals surface area contributed by atoms with Crippen LogP contribution in [0.3, 0.4) is 0 Å². The highest BCUT2D eigenvalue weighted by Gasteiger charge is 2.42. The van der Waals surface area contributed by atoms with Gasteiger partial charge in [0.1, 0.15) is 5.78 Å².